The van der Waals surface area contributed by atoms with E-state index in [9.17, 15) is 0 Å². The first-order valence-electron chi connectivity index (χ1n) is 23.9. The van der Waals surface area contributed by atoms with Gasteiger partial charge in [-0.15, -0.1) is 0 Å². The van der Waals surface area contributed by atoms with Crippen molar-refractivity contribution >= 4 is 44.5 Å². The van der Waals surface area contributed by atoms with Crippen molar-refractivity contribution in [1.82, 2.24) is 0 Å². The average Bonchev–Trinajstić information content (AvgIpc) is 3.71. The lowest BCUT2D eigenvalue weighted by atomic mass is 9.67. The van der Waals surface area contributed by atoms with Gasteiger partial charge in [-0.1, -0.05) is 216 Å². The molecule has 0 spiro atoms. The minimum absolute atomic E-state index is 0.00473. The summed E-state index contributed by atoms with van der Waals surface area (Å²) < 4.78 is 0. The van der Waals surface area contributed by atoms with Crippen LogP contribution in [0.3, 0.4) is 0 Å². The van der Waals surface area contributed by atoms with Gasteiger partial charge in [0.05, 0.1) is 0 Å². The molecule has 0 N–H and O–H groups in total. The normalized spacial score (nSPS) is 14.6. The van der Waals surface area contributed by atoms with E-state index in [-0.39, 0.29) is 10.8 Å². The molecule has 0 aliphatic heterocycles. The predicted octanol–water partition coefficient (Wildman–Crippen LogP) is 18.3. The molecule has 6 aromatic carbocycles. The second kappa shape index (κ2) is 17.6. The minimum Gasteiger partial charge on any atom is -0.0985 e. The molecule has 302 valence electrons. The summed E-state index contributed by atoms with van der Waals surface area (Å²) in [7, 11) is 0. The van der Waals surface area contributed by atoms with Gasteiger partial charge in [-0.25, -0.2) is 0 Å². The summed E-state index contributed by atoms with van der Waals surface area (Å²) in [6.07, 6.45) is 29.6. The van der Waals surface area contributed by atoms with Crippen molar-refractivity contribution in [1.29, 1.82) is 0 Å². The molecule has 6 aromatic rings. The maximum Gasteiger partial charge on any atom is 0.0221 e. The Hall–Kier alpha value is -4.16. The van der Waals surface area contributed by atoms with Crippen LogP contribution in [0.2, 0.25) is 0 Å². The molecule has 58 heavy (non-hydrogen) atoms. The lowest BCUT2D eigenvalue weighted by Crippen LogP contribution is -2.26. The summed E-state index contributed by atoms with van der Waals surface area (Å²) in [5.74, 6) is 0. The molecule has 0 nitrogen and oxygen atoms in total. The fraction of sp³-hybridized carbons (Fsp3) is 0.448. The Kier molecular flexibility index (Phi) is 12.3. The van der Waals surface area contributed by atoms with Crippen molar-refractivity contribution in [2.45, 2.75) is 167 Å². The molecule has 0 atom stereocenters. The van der Waals surface area contributed by atoms with Crippen LogP contribution in [0.25, 0.3) is 66.7 Å². The smallest absolute Gasteiger partial charge is 0.0221 e. The molecule has 0 heterocycles. The summed E-state index contributed by atoms with van der Waals surface area (Å²) in [4.78, 5) is 0. The van der Waals surface area contributed by atoms with Gasteiger partial charge >= 0.3 is 0 Å². The first-order valence-corrected chi connectivity index (χ1v) is 23.9. The Morgan fingerprint density at radius 3 is 1.09 bits per heavy atom. The highest BCUT2D eigenvalue weighted by molar-refractivity contribution is 6.33. The summed E-state index contributed by atoms with van der Waals surface area (Å²) >= 11 is 0. The third-order valence-corrected chi connectivity index (χ3v) is 14.9. The molecule has 2 aliphatic carbocycles. The highest BCUT2D eigenvalue weighted by atomic mass is 14.5. The number of fused-ring (bicyclic) bond motifs is 10. The van der Waals surface area contributed by atoms with Crippen molar-refractivity contribution < 1.29 is 0 Å². The SMILES string of the molecule is C=Cc1ccc2c(c1)-c1c(c3cccc4c5c(c6cccc1c6c43)C(CCCCCC)(CCCCCC)c1ccc(C=C)cc1-5)C2(CCCCCC)CCCCCC. The molecule has 0 saturated carbocycles. The van der Waals surface area contributed by atoms with Gasteiger partial charge < -0.3 is 0 Å². The van der Waals surface area contributed by atoms with E-state index in [1.54, 1.807) is 22.3 Å². The van der Waals surface area contributed by atoms with Crippen LogP contribution >= 0.6 is 0 Å². The van der Waals surface area contributed by atoms with Crippen molar-refractivity contribution in [3.8, 4) is 22.3 Å². The van der Waals surface area contributed by atoms with E-state index in [2.05, 4.69) is 126 Å². The van der Waals surface area contributed by atoms with Crippen LogP contribution in [-0.2, 0) is 10.8 Å². The summed E-state index contributed by atoms with van der Waals surface area (Å²) in [5.41, 5.74) is 14.9. The molecule has 0 aromatic heterocycles. The quantitative estimate of drug-likeness (QED) is 0.0477. The van der Waals surface area contributed by atoms with E-state index in [0.717, 1.165) is 0 Å². The lowest BCUT2D eigenvalue weighted by molar-refractivity contribution is 0.403. The van der Waals surface area contributed by atoms with Crippen molar-refractivity contribution in [3.05, 3.63) is 119 Å². The standard InChI is InChI=1S/C58H70/c1-7-13-17-21-35-57(36-22-18-14-8-2)49-33-31-41(11-5)39-47(49)53-43-27-26-30-46-52(43)51-44(28-25-29-45(51)55(53)57)54-48-40-42(12-6)32-34-50(48)58(56(46)54,37-23-19-15-9-3)38-24-20-16-10-4/h11-12,25-34,39-40H,5-10,13-24,35-38H2,1-4H3. The van der Waals surface area contributed by atoms with E-state index >= 15 is 0 Å². The Labute approximate surface area is 351 Å². The minimum atomic E-state index is -0.00473. The number of rotatable bonds is 22. The Balaban J connectivity index is 1.49. The van der Waals surface area contributed by atoms with Crippen LogP contribution in [-0.4, -0.2) is 0 Å². The molecule has 0 fully saturated rings. The van der Waals surface area contributed by atoms with Gasteiger partial charge in [0.25, 0.3) is 0 Å². The maximum atomic E-state index is 4.28. The second-order valence-corrected chi connectivity index (χ2v) is 18.4. The highest BCUT2D eigenvalue weighted by Gasteiger charge is 2.48. The summed E-state index contributed by atoms with van der Waals surface area (Å²) in [6.45, 7) is 18.0. The van der Waals surface area contributed by atoms with E-state index < -0.39 is 0 Å². The monoisotopic (exact) mass is 767 g/mol. The average molecular weight is 767 g/mol. The Morgan fingerprint density at radius 1 is 0.414 bits per heavy atom. The van der Waals surface area contributed by atoms with Crippen molar-refractivity contribution in [3.63, 3.8) is 0 Å². The van der Waals surface area contributed by atoms with Crippen LogP contribution in [0.1, 0.15) is 189 Å². The molecular formula is C58H70. The van der Waals surface area contributed by atoms with Crippen LogP contribution < -0.4 is 0 Å². The molecule has 2 aliphatic rings. The fourth-order valence-corrected chi connectivity index (χ4v) is 12.2. The molecular weight excluding hydrogens is 697 g/mol. The Morgan fingerprint density at radius 2 is 0.759 bits per heavy atom. The van der Waals surface area contributed by atoms with Gasteiger partial charge in [0.1, 0.15) is 0 Å². The van der Waals surface area contributed by atoms with E-state index in [1.165, 1.54) is 194 Å². The molecule has 0 heteroatoms. The molecule has 0 unspecified atom stereocenters. The lowest BCUT2D eigenvalue weighted by Gasteiger charge is -2.36. The zero-order valence-corrected chi connectivity index (χ0v) is 36.6. The predicted molar refractivity (Wildman–Crippen MR) is 258 cm³/mol. The van der Waals surface area contributed by atoms with E-state index in [1.807, 2.05) is 0 Å². The third kappa shape index (κ3) is 6.66. The van der Waals surface area contributed by atoms with Crippen LogP contribution in [0.4, 0.5) is 0 Å². The molecule has 0 amide bonds. The van der Waals surface area contributed by atoms with Gasteiger partial charge in [-0.2, -0.15) is 0 Å². The fourth-order valence-electron chi connectivity index (χ4n) is 12.2. The third-order valence-electron chi connectivity index (χ3n) is 14.9. The summed E-state index contributed by atoms with van der Waals surface area (Å²) in [5, 5.41) is 8.98. The van der Waals surface area contributed by atoms with E-state index in [4.69, 9.17) is 0 Å². The molecule has 0 bridgehead atoms. The number of hydrogen-bond acceptors (Lipinski definition) is 0. The largest absolute Gasteiger partial charge is 0.0985 e. The van der Waals surface area contributed by atoms with Crippen molar-refractivity contribution in [2.75, 3.05) is 0 Å². The van der Waals surface area contributed by atoms with Gasteiger partial charge in [-0.3, -0.25) is 0 Å². The van der Waals surface area contributed by atoms with Gasteiger partial charge in [-0.05, 0) is 126 Å². The first-order chi connectivity index (χ1) is 28.5. The number of hydrogen-bond donors (Lipinski definition) is 0. The molecule has 0 radical (unpaired) electrons. The molecule has 8 rings (SSSR count). The second-order valence-electron chi connectivity index (χ2n) is 18.4. The maximum absolute atomic E-state index is 4.28. The van der Waals surface area contributed by atoms with Crippen molar-refractivity contribution in [2.24, 2.45) is 0 Å². The van der Waals surface area contributed by atoms with Gasteiger partial charge in [0.15, 0.2) is 0 Å². The van der Waals surface area contributed by atoms with Crippen LogP contribution in [0, 0.1) is 0 Å². The van der Waals surface area contributed by atoms with Gasteiger partial charge in [0.2, 0.25) is 0 Å². The number of benzene rings is 6. The topological polar surface area (TPSA) is 0 Å². The number of unbranched alkanes of at least 4 members (excludes halogenated alkanes) is 12. The van der Waals surface area contributed by atoms with Gasteiger partial charge in [0, 0.05) is 10.8 Å². The molecule has 0 saturated heterocycles. The Bertz CT molecular complexity index is 2200. The highest BCUT2D eigenvalue weighted by Crippen LogP contribution is 2.64. The zero-order valence-electron chi connectivity index (χ0n) is 36.6. The van der Waals surface area contributed by atoms with E-state index in [0.29, 0.717) is 0 Å². The van der Waals surface area contributed by atoms with Crippen LogP contribution in [0.5, 0.6) is 0 Å². The zero-order chi connectivity index (χ0) is 40.3. The first kappa shape index (κ1) is 40.6. The van der Waals surface area contributed by atoms with Crippen LogP contribution in [0.15, 0.2) is 86.0 Å². The summed E-state index contributed by atoms with van der Waals surface area (Å²) in [6, 6.07) is 29.7.